The van der Waals surface area contributed by atoms with E-state index in [0.717, 1.165) is 12.3 Å². The van der Waals surface area contributed by atoms with Gasteiger partial charge in [-0.1, -0.05) is 18.6 Å². The van der Waals surface area contributed by atoms with Gasteiger partial charge < -0.3 is 0 Å². The van der Waals surface area contributed by atoms with Crippen LogP contribution in [0.3, 0.4) is 0 Å². The van der Waals surface area contributed by atoms with Crippen LogP contribution in [0.25, 0.3) is 0 Å². The summed E-state index contributed by atoms with van der Waals surface area (Å²) in [4.78, 5) is 11.5. The van der Waals surface area contributed by atoms with Gasteiger partial charge >= 0.3 is 0 Å². The summed E-state index contributed by atoms with van der Waals surface area (Å²) in [6.07, 6.45) is 4.98. The fourth-order valence-electron chi connectivity index (χ4n) is 3.81. The van der Waals surface area contributed by atoms with Crippen LogP contribution in [0.4, 0.5) is 0 Å². The fourth-order valence-corrected chi connectivity index (χ4v) is 4.95. The summed E-state index contributed by atoms with van der Waals surface area (Å²) in [5, 5.41) is 0. The Kier molecular flexibility index (Phi) is 3.88. The van der Waals surface area contributed by atoms with Crippen molar-refractivity contribution < 1.29 is 13.2 Å². The number of sulfonamides is 1. The van der Waals surface area contributed by atoms with E-state index in [9.17, 15) is 13.2 Å². The summed E-state index contributed by atoms with van der Waals surface area (Å²) in [5.74, 6) is 1.86. The molecule has 3 rings (SSSR count). The zero-order valence-corrected chi connectivity index (χ0v) is 13.0. The Morgan fingerprint density at radius 1 is 1.29 bits per heavy atom. The van der Waals surface area contributed by atoms with Gasteiger partial charge in [0, 0.05) is 12.1 Å². The Balaban J connectivity index is 1.69. The van der Waals surface area contributed by atoms with Crippen molar-refractivity contribution >= 4 is 15.8 Å². The first-order valence-electron chi connectivity index (χ1n) is 7.56. The first kappa shape index (κ1) is 14.7. The van der Waals surface area contributed by atoms with Crippen molar-refractivity contribution in [1.29, 1.82) is 0 Å². The van der Waals surface area contributed by atoms with Gasteiger partial charge in [0.25, 0.3) is 0 Å². The largest absolute Gasteiger partial charge is 0.295 e. The molecule has 1 N–H and O–H groups in total. The quantitative estimate of drug-likeness (QED) is 0.851. The third kappa shape index (κ3) is 3.04. The van der Waals surface area contributed by atoms with Gasteiger partial charge in [0.2, 0.25) is 10.0 Å². The lowest BCUT2D eigenvalue weighted by molar-refractivity contribution is 0.101. The molecular formula is C16H21NO3S. The molecule has 0 amide bonds. The van der Waals surface area contributed by atoms with Crippen LogP contribution in [-0.2, 0) is 10.0 Å². The average Bonchev–Trinajstić information content (AvgIpc) is 3.08. The van der Waals surface area contributed by atoms with Crippen LogP contribution in [-0.4, -0.2) is 20.7 Å². The van der Waals surface area contributed by atoms with E-state index in [1.807, 2.05) is 0 Å². The molecule has 0 spiro atoms. The number of nitrogens with one attached hydrogen (secondary N) is 1. The van der Waals surface area contributed by atoms with Crippen molar-refractivity contribution in [3.05, 3.63) is 29.8 Å². The number of fused-ring (bicyclic) bond motifs is 2. The lowest BCUT2D eigenvalue weighted by Crippen LogP contribution is -2.31. The molecule has 4 nitrogen and oxygen atoms in total. The van der Waals surface area contributed by atoms with Gasteiger partial charge in [0.05, 0.1) is 4.90 Å². The highest BCUT2D eigenvalue weighted by Crippen LogP contribution is 2.48. The number of carbonyl (C=O) groups excluding carboxylic acids is 1. The van der Waals surface area contributed by atoms with Crippen molar-refractivity contribution in [1.82, 2.24) is 4.72 Å². The molecule has 0 heterocycles. The van der Waals surface area contributed by atoms with Crippen LogP contribution in [0.15, 0.2) is 29.2 Å². The van der Waals surface area contributed by atoms with Gasteiger partial charge in [-0.05, 0) is 56.1 Å². The molecular weight excluding hydrogens is 286 g/mol. The fraction of sp³-hybridized carbons (Fsp3) is 0.562. The molecule has 3 atom stereocenters. The molecule has 2 saturated carbocycles. The SMILES string of the molecule is CC(=O)c1cccc(S(=O)(=O)NCC2CC3CCC2C3)c1. The van der Waals surface area contributed by atoms with Gasteiger partial charge in [-0.25, -0.2) is 13.1 Å². The molecule has 114 valence electrons. The maximum atomic E-state index is 12.3. The Labute approximate surface area is 126 Å². The molecule has 3 unspecified atom stereocenters. The van der Waals surface area contributed by atoms with E-state index in [2.05, 4.69) is 4.72 Å². The summed E-state index contributed by atoms with van der Waals surface area (Å²) in [6, 6.07) is 6.24. The Bertz CT molecular complexity index is 653. The molecule has 2 aliphatic rings. The summed E-state index contributed by atoms with van der Waals surface area (Å²) in [7, 11) is -3.52. The second-order valence-electron chi connectivity index (χ2n) is 6.37. The van der Waals surface area contributed by atoms with Crippen molar-refractivity contribution in [3.8, 4) is 0 Å². The monoisotopic (exact) mass is 307 g/mol. The average molecular weight is 307 g/mol. The summed E-state index contributed by atoms with van der Waals surface area (Å²) < 4.78 is 27.4. The standard InChI is InChI=1S/C16H21NO3S/c1-11(18)13-3-2-4-16(9-13)21(19,20)17-10-15-8-12-5-6-14(15)7-12/h2-4,9,12,14-15,17H,5-8,10H2,1H3. The van der Waals surface area contributed by atoms with Crippen molar-refractivity contribution in [3.63, 3.8) is 0 Å². The number of Topliss-reactive ketones (excluding diaryl/α,β-unsaturated/α-hetero) is 1. The molecule has 0 saturated heterocycles. The first-order chi connectivity index (χ1) is 9.95. The molecule has 0 aliphatic heterocycles. The molecule has 1 aromatic rings. The predicted molar refractivity (Wildman–Crippen MR) is 80.6 cm³/mol. The van der Waals surface area contributed by atoms with E-state index in [0.29, 0.717) is 23.9 Å². The third-order valence-electron chi connectivity index (χ3n) is 4.97. The number of carbonyl (C=O) groups is 1. The zero-order chi connectivity index (χ0) is 15.0. The minimum absolute atomic E-state index is 0.125. The van der Waals surface area contributed by atoms with Crippen LogP contribution >= 0.6 is 0 Å². The van der Waals surface area contributed by atoms with Gasteiger partial charge in [-0.3, -0.25) is 4.79 Å². The molecule has 2 fully saturated rings. The second-order valence-corrected chi connectivity index (χ2v) is 8.14. The van der Waals surface area contributed by atoms with Crippen LogP contribution < -0.4 is 4.72 Å². The number of benzene rings is 1. The smallest absolute Gasteiger partial charge is 0.240 e. The van der Waals surface area contributed by atoms with Crippen molar-refractivity contribution in [2.45, 2.75) is 37.5 Å². The lowest BCUT2D eigenvalue weighted by Gasteiger charge is -2.21. The summed E-state index contributed by atoms with van der Waals surface area (Å²) in [6.45, 7) is 1.96. The van der Waals surface area contributed by atoms with E-state index in [-0.39, 0.29) is 10.7 Å². The number of hydrogen-bond acceptors (Lipinski definition) is 3. The topological polar surface area (TPSA) is 63.2 Å². The van der Waals surface area contributed by atoms with Gasteiger partial charge in [-0.15, -0.1) is 0 Å². The first-order valence-corrected chi connectivity index (χ1v) is 9.04. The van der Waals surface area contributed by atoms with Gasteiger partial charge in [0.1, 0.15) is 0 Å². The van der Waals surface area contributed by atoms with E-state index in [1.165, 1.54) is 38.3 Å². The van der Waals surface area contributed by atoms with Crippen LogP contribution in [0, 0.1) is 17.8 Å². The number of hydrogen-bond donors (Lipinski definition) is 1. The van der Waals surface area contributed by atoms with Gasteiger partial charge in [0.15, 0.2) is 5.78 Å². The van der Waals surface area contributed by atoms with Crippen LogP contribution in [0.5, 0.6) is 0 Å². The highest BCUT2D eigenvalue weighted by molar-refractivity contribution is 7.89. The molecule has 2 aliphatic carbocycles. The summed E-state index contributed by atoms with van der Waals surface area (Å²) in [5.41, 5.74) is 0.429. The molecule has 0 radical (unpaired) electrons. The highest BCUT2D eigenvalue weighted by Gasteiger charge is 2.39. The molecule has 5 heteroatoms. The number of rotatable bonds is 5. The second kappa shape index (κ2) is 5.54. The molecule has 21 heavy (non-hydrogen) atoms. The maximum absolute atomic E-state index is 12.3. The Morgan fingerprint density at radius 2 is 2.10 bits per heavy atom. The van der Waals surface area contributed by atoms with E-state index in [1.54, 1.807) is 12.1 Å². The van der Waals surface area contributed by atoms with E-state index < -0.39 is 10.0 Å². The zero-order valence-electron chi connectivity index (χ0n) is 12.2. The Hall–Kier alpha value is -1.20. The van der Waals surface area contributed by atoms with E-state index >= 15 is 0 Å². The molecule has 0 aromatic heterocycles. The predicted octanol–water partition coefficient (Wildman–Crippen LogP) is 2.60. The normalized spacial score (nSPS) is 28.0. The maximum Gasteiger partial charge on any atom is 0.240 e. The molecule has 1 aromatic carbocycles. The molecule has 2 bridgehead atoms. The third-order valence-corrected chi connectivity index (χ3v) is 6.39. The summed E-state index contributed by atoms with van der Waals surface area (Å²) >= 11 is 0. The highest BCUT2D eigenvalue weighted by atomic mass is 32.2. The minimum atomic E-state index is -3.52. The van der Waals surface area contributed by atoms with Crippen molar-refractivity contribution in [2.75, 3.05) is 6.54 Å². The lowest BCUT2D eigenvalue weighted by atomic mass is 9.89. The van der Waals surface area contributed by atoms with Gasteiger partial charge in [-0.2, -0.15) is 0 Å². The minimum Gasteiger partial charge on any atom is -0.295 e. The van der Waals surface area contributed by atoms with Crippen molar-refractivity contribution in [2.24, 2.45) is 17.8 Å². The Morgan fingerprint density at radius 3 is 2.71 bits per heavy atom. The van der Waals surface area contributed by atoms with Crippen LogP contribution in [0.2, 0.25) is 0 Å². The van der Waals surface area contributed by atoms with E-state index in [4.69, 9.17) is 0 Å². The van der Waals surface area contributed by atoms with Crippen LogP contribution in [0.1, 0.15) is 43.0 Å². The number of ketones is 1.